The Hall–Kier alpha value is -4.29. The molecule has 0 fully saturated rings. The van der Waals surface area contributed by atoms with Gasteiger partial charge in [0.15, 0.2) is 0 Å². The van der Waals surface area contributed by atoms with Crippen LogP contribution in [0.3, 0.4) is 0 Å². The maximum absolute atomic E-state index is 14.0. The lowest BCUT2D eigenvalue weighted by Gasteiger charge is -2.27. The topological polar surface area (TPSA) is 65.6 Å². The van der Waals surface area contributed by atoms with Crippen LogP contribution in [0.5, 0.6) is 0 Å². The number of aromatic nitrogens is 5. The van der Waals surface area contributed by atoms with Gasteiger partial charge in [-0.2, -0.15) is 0 Å². The van der Waals surface area contributed by atoms with E-state index < -0.39 is 0 Å². The smallest absolute Gasteiger partial charge is 0.261 e. The molecule has 0 spiro atoms. The van der Waals surface area contributed by atoms with Gasteiger partial charge in [-0.05, 0) is 52.6 Å². The number of hydrogen-bond acceptors (Lipinski definition) is 4. The summed E-state index contributed by atoms with van der Waals surface area (Å²) in [4.78, 5) is 28.0. The molecule has 188 valence electrons. The van der Waals surface area contributed by atoms with Crippen LogP contribution in [0, 0.1) is 5.92 Å². The van der Waals surface area contributed by atoms with Gasteiger partial charge >= 0.3 is 0 Å². The van der Waals surface area contributed by atoms with Crippen molar-refractivity contribution in [1.29, 1.82) is 0 Å². The van der Waals surface area contributed by atoms with Crippen molar-refractivity contribution in [2.24, 2.45) is 5.92 Å². The minimum atomic E-state index is -0.254. The molecule has 6 aromatic rings. The van der Waals surface area contributed by atoms with E-state index in [1.54, 1.807) is 24.7 Å². The molecule has 1 atom stereocenters. The van der Waals surface area contributed by atoms with Crippen LogP contribution in [0.15, 0.2) is 102 Å². The fourth-order valence-corrected chi connectivity index (χ4v) is 5.30. The van der Waals surface area contributed by atoms with Gasteiger partial charge in [-0.3, -0.25) is 14.3 Å². The molecule has 1 unspecified atom stereocenters. The lowest BCUT2D eigenvalue weighted by atomic mass is 10.0. The number of nitrogens with zero attached hydrogens (tertiary/aromatic N) is 5. The van der Waals surface area contributed by atoms with E-state index in [2.05, 4.69) is 52.6 Å². The van der Waals surface area contributed by atoms with E-state index in [4.69, 9.17) is 16.6 Å². The van der Waals surface area contributed by atoms with Gasteiger partial charge in [-0.15, -0.1) is 0 Å². The van der Waals surface area contributed by atoms with Crippen LogP contribution < -0.4 is 5.56 Å². The van der Waals surface area contributed by atoms with E-state index >= 15 is 0 Å². The fraction of sp³-hybridized carbons (Fsp3) is 0.161. The van der Waals surface area contributed by atoms with Crippen LogP contribution >= 0.6 is 11.6 Å². The lowest BCUT2D eigenvalue weighted by Crippen LogP contribution is -2.31. The first-order valence-electron chi connectivity index (χ1n) is 12.6. The van der Waals surface area contributed by atoms with Gasteiger partial charge in [-0.25, -0.2) is 9.97 Å². The molecule has 3 aromatic carbocycles. The normalized spacial score (nSPS) is 12.4. The van der Waals surface area contributed by atoms with E-state index in [-0.39, 0.29) is 17.5 Å². The summed E-state index contributed by atoms with van der Waals surface area (Å²) in [6.45, 7) is 4.67. The van der Waals surface area contributed by atoms with Gasteiger partial charge in [0.2, 0.25) is 0 Å². The average molecular weight is 520 g/mol. The second-order valence-corrected chi connectivity index (χ2v) is 10.2. The summed E-state index contributed by atoms with van der Waals surface area (Å²) in [7, 11) is 0. The minimum Gasteiger partial charge on any atom is -0.320 e. The van der Waals surface area contributed by atoms with Gasteiger partial charge in [0, 0.05) is 29.2 Å². The molecule has 3 heterocycles. The Labute approximate surface area is 225 Å². The van der Waals surface area contributed by atoms with E-state index in [0.29, 0.717) is 28.3 Å². The van der Waals surface area contributed by atoms with Gasteiger partial charge in [-0.1, -0.05) is 67.9 Å². The van der Waals surface area contributed by atoms with Gasteiger partial charge in [0.25, 0.3) is 5.56 Å². The van der Waals surface area contributed by atoms with Crippen molar-refractivity contribution in [1.82, 2.24) is 24.1 Å². The highest BCUT2D eigenvalue weighted by molar-refractivity contribution is 6.30. The summed E-state index contributed by atoms with van der Waals surface area (Å²) in [5.74, 6) is 1.57. The molecule has 0 bridgehead atoms. The Bertz CT molecular complexity index is 1820. The number of benzene rings is 3. The van der Waals surface area contributed by atoms with Crippen LogP contribution in [0.4, 0.5) is 0 Å². The molecule has 6 rings (SSSR count). The molecule has 0 saturated heterocycles. The number of halogens is 1. The number of pyridine rings is 1. The zero-order valence-electron chi connectivity index (χ0n) is 21.1. The van der Waals surface area contributed by atoms with Crippen LogP contribution in [-0.4, -0.2) is 24.1 Å². The molecule has 3 aromatic heterocycles. The van der Waals surface area contributed by atoms with Crippen molar-refractivity contribution in [3.8, 4) is 11.4 Å². The molecule has 7 heteroatoms. The van der Waals surface area contributed by atoms with Crippen molar-refractivity contribution in [2.75, 3.05) is 0 Å². The average Bonchev–Trinajstić information content (AvgIpc) is 3.40. The van der Waals surface area contributed by atoms with Crippen molar-refractivity contribution in [2.45, 2.75) is 26.4 Å². The molecular formula is C31H26ClN5O. The summed E-state index contributed by atoms with van der Waals surface area (Å²) in [5.41, 5.74) is 2.50. The largest absolute Gasteiger partial charge is 0.320 e. The fourth-order valence-electron chi connectivity index (χ4n) is 5.17. The first-order chi connectivity index (χ1) is 18.5. The van der Waals surface area contributed by atoms with Crippen LogP contribution in [0.1, 0.15) is 31.3 Å². The highest BCUT2D eigenvalue weighted by atomic mass is 35.5. The Morgan fingerprint density at radius 3 is 2.50 bits per heavy atom. The highest BCUT2D eigenvalue weighted by Crippen LogP contribution is 2.32. The van der Waals surface area contributed by atoms with E-state index in [9.17, 15) is 4.79 Å². The predicted octanol–water partition coefficient (Wildman–Crippen LogP) is 6.76. The predicted molar refractivity (Wildman–Crippen MR) is 152 cm³/mol. The standard InChI is InChI=1S/C31H26ClN5O/c1-20(2)28(36-17-16-34-29(36)22-10-12-24(32)13-11-22)30-35-27-18-33-15-14-26(27)31(38)37(30)19-23-8-5-7-21-6-3-4-9-25(21)23/h3-18,20,28H,19H2,1-2H3. The third kappa shape index (κ3) is 4.27. The number of fused-ring (bicyclic) bond motifs is 2. The quantitative estimate of drug-likeness (QED) is 0.244. The molecule has 0 radical (unpaired) electrons. The maximum Gasteiger partial charge on any atom is 0.261 e. The number of imidazole rings is 1. The SMILES string of the molecule is CC(C)C(c1nc2cnccc2c(=O)n1Cc1cccc2ccccc12)n1ccnc1-c1ccc(Cl)cc1. The Balaban J connectivity index is 1.58. The maximum atomic E-state index is 14.0. The van der Waals surface area contributed by atoms with Crippen LogP contribution in [-0.2, 0) is 6.54 Å². The second-order valence-electron chi connectivity index (χ2n) is 9.75. The van der Waals surface area contributed by atoms with Gasteiger partial charge < -0.3 is 4.57 Å². The van der Waals surface area contributed by atoms with Crippen LogP contribution in [0.2, 0.25) is 5.02 Å². The molecule has 0 aliphatic rings. The van der Waals surface area contributed by atoms with Crippen molar-refractivity contribution in [3.63, 3.8) is 0 Å². The Morgan fingerprint density at radius 2 is 1.68 bits per heavy atom. The van der Waals surface area contributed by atoms with Crippen molar-refractivity contribution >= 4 is 33.3 Å². The third-order valence-electron chi connectivity index (χ3n) is 6.96. The van der Waals surface area contributed by atoms with Crippen molar-refractivity contribution in [3.05, 3.63) is 124 Å². The molecule has 0 aliphatic carbocycles. The number of hydrogen-bond donors (Lipinski definition) is 0. The Kier molecular flexibility index (Phi) is 6.26. The zero-order valence-corrected chi connectivity index (χ0v) is 21.9. The molecule has 0 amide bonds. The molecule has 0 aliphatic heterocycles. The molecule has 38 heavy (non-hydrogen) atoms. The van der Waals surface area contributed by atoms with Gasteiger partial charge in [0.1, 0.15) is 11.6 Å². The second kappa shape index (κ2) is 9.88. The number of rotatable bonds is 6. The lowest BCUT2D eigenvalue weighted by molar-refractivity contribution is 0.401. The Morgan fingerprint density at radius 1 is 0.895 bits per heavy atom. The summed E-state index contributed by atoms with van der Waals surface area (Å²) in [6.07, 6.45) is 7.04. The van der Waals surface area contributed by atoms with Crippen LogP contribution in [0.25, 0.3) is 33.1 Å². The summed E-state index contributed by atoms with van der Waals surface area (Å²) in [6, 6.07) is 23.6. The zero-order chi connectivity index (χ0) is 26.2. The third-order valence-corrected chi connectivity index (χ3v) is 7.21. The molecular weight excluding hydrogens is 494 g/mol. The van der Waals surface area contributed by atoms with E-state index in [1.165, 1.54) is 0 Å². The van der Waals surface area contributed by atoms with E-state index in [1.807, 2.05) is 53.2 Å². The highest BCUT2D eigenvalue weighted by Gasteiger charge is 2.27. The van der Waals surface area contributed by atoms with Gasteiger partial charge in [0.05, 0.1) is 29.7 Å². The molecule has 6 nitrogen and oxygen atoms in total. The molecule has 0 saturated carbocycles. The minimum absolute atomic E-state index is 0.0841. The van der Waals surface area contributed by atoms with E-state index in [0.717, 1.165) is 27.7 Å². The summed E-state index contributed by atoms with van der Waals surface area (Å²) in [5, 5.41) is 3.47. The summed E-state index contributed by atoms with van der Waals surface area (Å²) >= 11 is 6.15. The monoisotopic (exact) mass is 519 g/mol. The molecule has 0 N–H and O–H groups in total. The summed E-state index contributed by atoms with van der Waals surface area (Å²) < 4.78 is 3.93. The van der Waals surface area contributed by atoms with Crippen molar-refractivity contribution < 1.29 is 0 Å². The first kappa shape index (κ1) is 24.1. The first-order valence-corrected chi connectivity index (χ1v) is 13.0.